The Balaban J connectivity index is 0.000000467. The summed E-state index contributed by atoms with van der Waals surface area (Å²) < 4.78 is 48.6. The minimum atomic E-state index is -3.66. The fourth-order valence-electron chi connectivity index (χ4n) is 4.56. The van der Waals surface area contributed by atoms with Crippen molar-refractivity contribution in [3.8, 4) is 0 Å². The third-order valence-electron chi connectivity index (χ3n) is 6.20. The number of rotatable bonds is 8. The molecular weight excluding hydrogens is 624 g/mol. The Labute approximate surface area is 274 Å². The summed E-state index contributed by atoms with van der Waals surface area (Å²) in [6.07, 6.45) is 0.0693. The van der Waals surface area contributed by atoms with Crippen LogP contribution in [0, 0.1) is 10.8 Å². The number of nitrogens with zero attached hydrogens (tertiary/aromatic N) is 2. The second-order valence-corrected chi connectivity index (χ2v) is 18.0. The minimum Gasteiger partial charge on any atom is -0.460 e. The lowest BCUT2D eigenvalue weighted by Crippen LogP contribution is -2.62. The van der Waals surface area contributed by atoms with Crippen LogP contribution in [0.2, 0.25) is 0 Å². The van der Waals surface area contributed by atoms with E-state index in [1.165, 1.54) is 9.80 Å². The fourth-order valence-corrected chi connectivity index (χ4v) is 5.02. The molecule has 15 heteroatoms. The van der Waals surface area contributed by atoms with Crippen molar-refractivity contribution >= 4 is 34.2 Å². The molecule has 0 spiro atoms. The Kier molecular flexibility index (Phi) is 13.2. The van der Waals surface area contributed by atoms with Gasteiger partial charge in [0, 0.05) is 37.0 Å². The van der Waals surface area contributed by atoms with Crippen molar-refractivity contribution < 1.29 is 55.8 Å². The summed E-state index contributed by atoms with van der Waals surface area (Å²) in [4.78, 5) is 50.8. The van der Waals surface area contributed by atoms with Crippen LogP contribution < -0.4 is 0 Å². The van der Waals surface area contributed by atoms with Crippen molar-refractivity contribution in [2.75, 3.05) is 45.6 Å². The van der Waals surface area contributed by atoms with Gasteiger partial charge in [0.1, 0.15) is 22.4 Å². The van der Waals surface area contributed by atoms with E-state index < -0.39 is 61.5 Å². The number of carbonyl (C=O) groups is 4. The van der Waals surface area contributed by atoms with Crippen LogP contribution in [0.15, 0.2) is 0 Å². The van der Waals surface area contributed by atoms with E-state index in [1.807, 2.05) is 0 Å². The average molecular weight is 681 g/mol. The Morgan fingerprint density at radius 2 is 0.913 bits per heavy atom. The summed E-state index contributed by atoms with van der Waals surface area (Å²) in [5, 5.41) is 9.53. The van der Waals surface area contributed by atoms with Crippen LogP contribution in [0.1, 0.15) is 95.9 Å². The van der Waals surface area contributed by atoms with Gasteiger partial charge in [-0.2, -0.15) is 8.42 Å². The van der Waals surface area contributed by atoms with Gasteiger partial charge in [0.15, 0.2) is 0 Å². The highest BCUT2D eigenvalue weighted by Gasteiger charge is 2.50. The standard InChI is InChI=1S/C16H29NO7S.C15H27NO5/c1-14(2,3)23-12(18)8-16(11-22-25(7,20)21)9-17(10-16)13(19)24-15(4,5)6;1-13(2,3)20-11(18)7-15(10-17)8-16(9-15)12(19)21-14(4,5)6/h8-11H2,1-7H3;17H,7-10H2,1-6H3. The number of hydrogen-bond donors (Lipinski definition) is 1. The van der Waals surface area contributed by atoms with Crippen LogP contribution >= 0.6 is 0 Å². The van der Waals surface area contributed by atoms with Crippen molar-refractivity contribution in [3.63, 3.8) is 0 Å². The number of likely N-dealkylation sites (tertiary alicyclic amines) is 2. The number of aliphatic hydroxyl groups is 1. The molecule has 0 aromatic heterocycles. The molecule has 0 aromatic carbocycles. The van der Waals surface area contributed by atoms with Crippen molar-refractivity contribution in [3.05, 3.63) is 0 Å². The van der Waals surface area contributed by atoms with Gasteiger partial charge in [-0.05, 0) is 83.1 Å². The van der Waals surface area contributed by atoms with E-state index in [4.69, 9.17) is 23.1 Å². The third kappa shape index (κ3) is 15.8. The van der Waals surface area contributed by atoms with Gasteiger partial charge in [0.25, 0.3) is 10.1 Å². The first-order valence-corrected chi connectivity index (χ1v) is 17.0. The second-order valence-electron chi connectivity index (χ2n) is 16.3. The molecule has 2 rings (SSSR count). The Hall–Kier alpha value is -2.65. The van der Waals surface area contributed by atoms with Gasteiger partial charge in [-0.3, -0.25) is 13.8 Å². The fraction of sp³-hybridized carbons (Fsp3) is 0.871. The molecular formula is C31H56N2O12S. The van der Waals surface area contributed by atoms with Gasteiger partial charge in [0.05, 0.1) is 32.3 Å². The summed E-state index contributed by atoms with van der Waals surface area (Å²) in [5.74, 6) is -0.825. The monoisotopic (exact) mass is 680 g/mol. The summed E-state index contributed by atoms with van der Waals surface area (Å²) >= 11 is 0. The molecule has 46 heavy (non-hydrogen) atoms. The maximum absolute atomic E-state index is 12.1. The summed E-state index contributed by atoms with van der Waals surface area (Å²) in [6.45, 7) is 21.9. The van der Waals surface area contributed by atoms with Crippen molar-refractivity contribution in [1.82, 2.24) is 9.80 Å². The van der Waals surface area contributed by atoms with E-state index in [-0.39, 0.29) is 45.1 Å². The molecule has 2 saturated heterocycles. The minimum absolute atomic E-state index is 0.0426. The summed E-state index contributed by atoms with van der Waals surface area (Å²) in [7, 11) is -3.66. The van der Waals surface area contributed by atoms with Crippen LogP contribution in [-0.4, -0.2) is 116 Å². The first kappa shape index (κ1) is 41.4. The highest BCUT2D eigenvalue weighted by Crippen LogP contribution is 2.37. The number of hydrogen-bond acceptors (Lipinski definition) is 12. The molecule has 0 radical (unpaired) electrons. The van der Waals surface area contributed by atoms with Crippen LogP contribution in [0.3, 0.4) is 0 Å². The van der Waals surface area contributed by atoms with Crippen molar-refractivity contribution in [2.45, 2.75) is 118 Å². The lowest BCUT2D eigenvalue weighted by molar-refractivity contribution is -0.163. The smallest absolute Gasteiger partial charge is 0.410 e. The van der Waals surface area contributed by atoms with E-state index in [0.29, 0.717) is 13.1 Å². The zero-order valence-electron chi connectivity index (χ0n) is 29.9. The van der Waals surface area contributed by atoms with Gasteiger partial charge in [-0.15, -0.1) is 0 Å². The third-order valence-corrected chi connectivity index (χ3v) is 6.75. The van der Waals surface area contributed by atoms with Crippen LogP contribution in [0.25, 0.3) is 0 Å². The van der Waals surface area contributed by atoms with Gasteiger partial charge >= 0.3 is 24.1 Å². The zero-order chi connectivity index (χ0) is 36.2. The highest BCUT2D eigenvalue weighted by atomic mass is 32.2. The Morgan fingerprint density at radius 3 is 1.20 bits per heavy atom. The molecule has 0 aliphatic carbocycles. The molecule has 2 fully saturated rings. The van der Waals surface area contributed by atoms with Crippen molar-refractivity contribution in [2.24, 2.45) is 10.8 Å². The maximum atomic E-state index is 12.1. The highest BCUT2D eigenvalue weighted by molar-refractivity contribution is 7.85. The molecule has 268 valence electrons. The van der Waals surface area contributed by atoms with Gasteiger partial charge in [-0.25, -0.2) is 9.59 Å². The van der Waals surface area contributed by atoms with Gasteiger partial charge in [0.2, 0.25) is 0 Å². The lowest BCUT2D eigenvalue weighted by atomic mass is 9.78. The molecule has 0 bridgehead atoms. The van der Waals surface area contributed by atoms with E-state index in [9.17, 15) is 32.7 Å². The van der Waals surface area contributed by atoms with E-state index in [2.05, 4.69) is 0 Å². The first-order chi connectivity index (χ1) is 20.4. The molecule has 2 aliphatic heterocycles. The van der Waals surface area contributed by atoms with E-state index >= 15 is 0 Å². The van der Waals surface area contributed by atoms with Crippen LogP contribution in [0.4, 0.5) is 9.59 Å². The number of amides is 2. The number of carbonyl (C=O) groups excluding carboxylic acids is 4. The molecule has 1 N–H and O–H groups in total. The molecule has 0 aromatic rings. The van der Waals surface area contributed by atoms with Gasteiger partial charge in [-0.1, -0.05) is 0 Å². The topological polar surface area (TPSA) is 175 Å². The SMILES string of the molecule is CC(C)(C)OC(=O)CC1(CO)CN(C(=O)OC(C)(C)C)C1.CC(C)(C)OC(=O)CC1(COS(C)(=O)=O)CN(C(=O)OC(C)(C)C)C1. The molecule has 0 atom stereocenters. The quantitative estimate of drug-likeness (QED) is 0.223. The molecule has 2 heterocycles. The number of esters is 2. The van der Waals surface area contributed by atoms with E-state index in [0.717, 1.165) is 6.26 Å². The molecule has 14 nitrogen and oxygen atoms in total. The Bertz CT molecular complexity index is 1190. The van der Waals surface area contributed by atoms with Crippen LogP contribution in [0.5, 0.6) is 0 Å². The zero-order valence-corrected chi connectivity index (χ0v) is 30.7. The molecule has 0 unspecified atom stereocenters. The maximum Gasteiger partial charge on any atom is 0.410 e. The molecule has 2 amide bonds. The predicted octanol–water partition coefficient (Wildman–Crippen LogP) is 3.88. The van der Waals surface area contributed by atoms with Gasteiger partial charge < -0.3 is 33.9 Å². The summed E-state index contributed by atoms with van der Waals surface area (Å²) in [6, 6.07) is 0. The Morgan fingerprint density at radius 1 is 0.609 bits per heavy atom. The first-order valence-electron chi connectivity index (χ1n) is 15.2. The number of ether oxygens (including phenoxy) is 4. The normalized spacial score (nSPS) is 17.8. The molecule has 0 saturated carbocycles. The number of aliphatic hydroxyl groups excluding tert-OH is 1. The predicted molar refractivity (Wildman–Crippen MR) is 169 cm³/mol. The van der Waals surface area contributed by atoms with Crippen LogP contribution in [-0.2, 0) is 42.8 Å². The average Bonchev–Trinajstić information content (AvgIpc) is 2.72. The molecule has 2 aliphatic rings. The summed E-state index contributed by atoms with van der Waals surface area (Å²) in [5.41, 5.74) is -3.81. The van der Waals surface area contributed by atoms with E-state index in [1.54, 1.807) is 83.1 Å². The lowest BCUT2D eigenvalue weighted by Gasteiger charge is -2.49. The van der Waals surface area contributed by atoms with Crippen molar-refractivity contribution in [1.29, 1.82) is 0 Å². The second kappa shape index (κ2) is 14.6. The largest absolute Gasteiger partial charge is 0.460 e.